The van der Waals surface area contributed by atoms with Gasteiger partial charge >= 0.3 is 0 Å². The van der Waals surface area contributed by atoms with Crippen molar-refractivity contribution in [3.05, 3.63) is 77.4 Å². The van der Waals surface area contributed by atoms with Gasteiger partial charge in [-0.15, -0.1) is 0 Å². The zero-order chi connectivity index (χ0) is 18.8. The van der Waals surface area contributed by atoms with Crippen molar-refractivity contribution in [1.82, 2.24) is 9.88 Å². The number of aromatic nitrogens is 1. The molecule has 2 heterocycles. The molecule has 1 N–H and O–H groups in total. The van der Waals surface area contributed by atoms with Gasteiger partial charge < -0.3 is 19.4 Å². The van der Waals surface area contributed by atoms with Crippen molar-refractivity contribution in [3.63, 3.8) is 0 Å². The van der Waals surface area contributed by atoms with Crippen molar-refractivity contribution >= 4 is 0 Å². The Morgan fingerprint density at radius 1 is 1.04 bits per heavy atom. The lowest BCUT2D eigenvalue weighted by Gasteiger charge is -2.18. The molecule has 0 bridgehead atoms. The molecule has 1 aliphatic rings. The summed E-state index contributed by atoms with van der Waals surface area (Å²) >= 11 is 0. The smallest absolute Gasteiger partial charge is 0.163 e. The van der Waals surface area contributed by atoms with E-state index >= 15 is 0 Å². The number of halogens is 1. The zero-order valence-electron chi connectivity index (χ0n) is 15.5. The van der Waals surface area contributed by atoms with Crippen LogP contribution in [0.25, 0.3) is 5.69 Å². The number of hydrogen-bond donors (Lipinski definition) is 1. The van der Waals surface area contributed by atoms with E-state index in [2.05, 4.69) is 16.0 Å². The maximum atomic E-state index is 13.4. The minimum Gasteiger partial charge on any atom is -0.490 e. The van der Waals surface area contributed by atoms with Crippen molar-refractivity contribution < 1.29 is 13.9 Å². The van der Waals surface area contributed by atoms with Gasteiger partial charge in [-0.05, 0) is 55.3 Å². The minimum absolute atomic E-state index is 0.0286. The van der Waals surface area contributed by atoms with E-state index in [9.17, 15) is 4.39 Å². The Labute approximate surface area is 158 Å². The van der Waals surface area contributed by atoms with Crippen LogP contribution in [-0.2, 0) is 6.54 Å². The van der Waals surface area contributed by atoms with Crippen LogP contribution in [0.15, 0.2) is 54.7 Å². The molecule has 0 unspecified atom stereocenters. The third-order valence-corrected chi connectivity index (χ3v) is 4.78. The quantitative estimate of drug-likeness (QED) is 0.716. The van der Waals surface area contributed by atoms with E-state index in [4.69, 9.17) is 9.47 Å². The summed E-state index contributed by atoms with van der Waals surface area (Å²) < 4.78 is 27.1. The summed E-state index contributed by atoms with van der Waals surface area (Å²) in [6.07, 6.45) is 2.05. The number of nitrogens with one attached hydrogen (secondary N) is 1. The first-order valence-corrected chi connectivity index (χ1v) is 9.30. The molecule has 0 radical (unpaired) electrons. The highest BCUT2D eigenvalue weighted by Crippen LogP contribution is 2.37. The molecule has 5 heteroatoms. The molecule has 4 rings (SSSR count). The molecular formula is C22H23FN2O2. The SMILES string of the molecule is CCOc1cc2c(cc1OCC)-n1cccc1[C@H](c1ccc(F)cc1)NC2. The van der Waals surface area contributed by atoms with Crippen LogP contribution in [0.4, 0.5) is 4.39 Å². The molecule has 1 aliphatic heterocycles. The zero-order valence-corrected chi connectivity index (χ0v) is 15.5. The Morgan fingerprint density at radius 2 is 1.74 bits per heavy atom. The molecule has 0 saturated carbocycles. The van der Waals surface area contributed by atoms with Crippen molar-refractivity contribution in [2.24, 2.45) is 0 Å². The second-order valence-corrected chi connectivity index (χ2v) is 6.46. The van der Waals surface area contributed by atoms with E-state index in [0.29, 0.717) is 19.8 Å². The average Bonchev–Trinajstić information content (AvgIpc) is 3.09. The maximum Gasteiger partial charge on any atom is 0.163 e. The molecule has 1 aromatic heterocycles. The normalized spacial score (nSPS) is 15.6. The van der Waals surface area contributed by atoms with Gasteiger partial charge in [-0.25, -0.2) is 4.39 Å². The molecule has 2 aromatic carbocycles. The molecule has 0 saturated heterocycles. The number of nitrogens with zero attached hydrogens (tertiary/aromatic N) is 1. The van der Waals surface area contributed by atoms with Crippen molar-refractivity contribution in [2.75, 3.05) is 13.2 Å². The number of rotatable bonds is 5. The van der Waals surface area contributed by atoms with E-state index in [1.165, 1.54) is 12.1 Å². The summed E-state index contributed by atoms with van der Waals surface area (Å²) in [7, 11) is 0. The fourth-order valence-electron chi connectivity index (χ4n) is 3.60. The minimum atomic E-state index is -0.228. The van der Waals surface area contributed by atoms with Crippen LogP contribution in [-0.4, -0.2) is 17.8 Å². The standard InChI is InChI=1S/C22H23FN2O2/c1-3-26-20-12-16-14-24-22(15-7-9-17(23)10-8-15)18-6-5-11-25(18)19(16)13-21(20)27-4-2/h5-13,22,24H,3-4,14H2,1-2H3/t22-/m0/s1. The predicted octanol–water partition coefficient (Wildman–Crippen LogP) is 4.61. The maximum absolute atomic E-state index is 13.4. The summed E-state index contributed by atoms with van der Waals surface area (Å²) in [6, 6.07) is 14.8. The second kappa shape index (κ2) is 7.45. The third-order valence-electron chi connectivity index (χ3n) is 4.78. The Balaban J connectivity index is 1.81. The van der Waals surface area contributed by atoms with Gasteiger partial charge in [-0.1, -0.05) is 12.1 Å². The summed E-state index contributed by atoms with van der Waals surface area (Å²) in [5.74, 6) is 1.28. The summed E-state index contributed by atoms with van der Waals surface area (Å²) in [5.41, 5.74) is 4.33. The summed E-state index contributed by atoms with van der Waals surface area (Å²) in [4.78, 5) is 0. The topological polar surface area (TPSA) is 35.4 Å². The van der Waals surface area contributed by atoms with Crippen molar-refractivity contribution in [2.45, 2.75) is 26.4 Å². The van der Waals surface area contributed by atoms with Gasteiger partial charge in [0.2, 0.25) is 0 Å². The van der Waals surface area contributed by atoms with Gasteiger partial charge in [-0.3, -0.25) is 0 Å². The highest BCUT2D eigenvalue weighted by Gasteiger charge is 2.24. The van der Waals surface area contributed by atoms with E-state index < -0.39 is 0 Å². The largest absolute Gasteiger partial charge is 0.490 e. The molecule has 0 amide bonds. The van der Waals surface area contributed by atoms with E-state index in [1.54, 1.807) is 0 Å². The van der Waals surface area contributed by atoms with Crippen LogP contribution in [0.2, 0.25) is 0 Å². The Morgan fingerprint density at radius 3 is 2.44 bits per heavy atom. The third kappa shape index (κ3) is 3.30. The predicted molar refractivity (Wildman–Crippen MR) is 103 cm³/mol. The van der Waals surface area contributed by atoms with Crippen LogP contribution < -0.4 is 14.8 Å². The molecule has 3 aromatic rings. The first-order chi connectivity index (χ1) is 13.2. The molecule has 27 heavy (non-hydrogen) atoms. The van der Waals surface area contributed by atoms with Crippen molar-refractivity contribution in [3.8, 4) is 17.2 Å². The molecule has 140 valence electrons. The van der Waals surface area contributed by atoms with Crippen LogP contribution >= 0.6 is 0 Å². The lowest BCUT2D eigenvalue weighted by Crippen LogP contribution is -2.21. The van der Waals surface area contributed by atoms with Gasteiger partial charge in [0, 0.05) is 24.5 Å². The van der Waals surface area contributed by atoms with E-state index in [0.717, 1.165) is 34.0 Å². The number of fused-ring (bicyclic) bond motifs is 3. The first kappa shape index (κ1) is 17.6. The van der Waals surface area contributed by atoms with Gasteiger partial charge in [0.25, 0.3) is 0 Å². The number of benzene rings is 2. The molecule has 1 atom stereocenters. The number of ether oxygens (including phenoxy) is 2. The highest BCUT2D eigenvalue weighted by atomic mass is 19.1. The fourth-order valence-corrected chi connectivity index (χ4v) is 3.60. The van der Waals surface area contributed by atoms with Crippen molar-refractivity contribution in [1.29, 1.82) is 0 Å². The summed E-state index contributed by atoms with van der Waals surface area (Å²) in [5, 5.41) is 3.60. The monoisotopic (exact) mass is 366 g/mol. The average molecular weight is 366 g/mol. The van der Waals surface area contributed by atoms with Crippen LogP contribution in [0.5, 0.6) is 11.5 Å². The second-order valence-electron chi connectivity index (χ2n) is 6.46. The summed E-state index contributed by atoms with van der Waals surface area (Å²) in [6.45, 7) is 5.77. The Bertz CT molecular complexity index is 934. The van der Waals surface area contributed by atoms with E-state index in [-0.39, 0.29) is 11.9 Å². The van der Waals surface area contributed by atoms with Gasteiger partial charge in [0.15, 0.2) is 11.5 Å². The lowest BCUT2D eigenvalue weighted by molar-refractivity contribution is 0.287. The molecule has 4 nitrogen and oxygen atoms in total. The molecular weight excluding hydrogens is 343 g/mol. The molecule has 0 aliphatic carbocycles. The number of hydrogen-bond acceptors (Lipinski definition) is 3. The molecule has 0 fully saturated rings. The van der Waals surface area contributed by atoms with Crippen LogP contribution in [0, 0.1) is 5.82 Å². The highest BCUT2D eigenvalue weighted by molar-refractivity contribution is 5.56. The molecule has 0 spiro atoms. The fraction of sp³-hybridized carbons (Fsp3) is 0.273. The Kier molecular flexibility index (Phi) is 4.86. The van der Waals surface area contributed by atoms with Gasteiger partial charge in [0.05, 0.1) is 24.9 Å². The van der Waals surface area contributed by atoms with Gasteiger partial charge in [0.1, 0.15) is 5.82 Å². The lowest BCUT2D eigenvalue weighted by atomic mass is 10.0. The van der Waals surface area contributed by atoms with Crippen LogP contribution in [0.3, 0.4) is 0 Å². The first-order valence-electron chi connectivity index (χ1n) is 9.30. The van der Waals surface area contributed by atoms with Gasteiger partial charge in [-0.2, -0.15) is 0 Å². The Hall–Kier alpha value is -2.79. The van der Waals surface area contributed by atoms with Crippen LogP contribution in [0.1, 0.15) is 36.7 Å². The van der Waals surface area contributed by atoms with E-state index in [1.807, 2.05) is 50.4 Å².